The minimum atomic E-state index is -0.689. The molecule has 1 aliphatic rings. The summed E-state index contributed by atoms with van der Waals surface area (Å²) in [5.41, 5.74) is 2.47. The zero-order valence-electron chi connectivity index (χ0n) is 18.7. The molecular formula is C25H25N3O5S. The molecule has 34 heavy (non-hydrogen) atoms. The first-order valence-corrected chi connectivity index (χ1v) is 11.8. The van der Waals surface area contributed by atoms with Gasteiger partial charge >= 0.3 is 12.1 Å². The van der Waals surface area contributed by atoms with Gasteiger partial charge in [-0.25, -0.2) is 19.6 Å². The van der Waals surface area contributed by atoms with Crippen LogP contribution in [-0.4, -0.2) is 42.2 Å². The lowest BCUT2D eigenvalue weighted by Crippen LogP contribution is -2.30. The van der Waals surface area contributed by atoms with Crippen molar-refractivity contribution < 1.29 is 23.8 Å². The van der Waals surface area contributed by atoms with Crippen molar-refractivity contribution in [1.82, 2.24) is 10.3 Å². The van der Waals surface area contributed by atoms with Crippen molar-refractivity contribution >= 4 is 29.3 Å². The van der Waals surface area contributed by atoms with Gasteiger partial charge in [-0.1, -0.05) is 60.7 Å². The smallest absolute Gasteiger partial charge is 0.408 e. The van der Waals surface area contributed by atoms with Gasteiger partial charge in [0.2, 0.25) is 5.90 Å². The van der Waals surface area contributed by atoms with Gasteiger partial charge in [0.1, 0.15) is 23.9 Å². The number of aromatic nitrogens is 1. The van der Waals surface area contributed by atoms with Gasteiger partial charge in [-0.05, 0) is 24.5 Å². The summed E-state index contributed by atoms with van der Waals surface area (Å²) in [6.07, 6.45) is 0.00545. The SMILES string of the molecule is CCOC(=O)[C@H]1COC(c2csc([C@H](Cc3ccccc3)NC(=O)OCc3ccccc3)n2)=N1. The first kappa shape index (κ1) is 23.4. The van der Waals surface area contributed by atoms with Crippen LogP contribution in [0.2, 0.25) is 0 Å². The Bertz CT molecular complexity index is 1130. The van der Waals surface area contributed by atoms with Crippen LogP contribution in [0.1, 0.15) is 34.8 Å². The molecule has 1 aliphatic heterocycles. The molecule has 1 N–H and O–H groups in total. The van der Waals surface area contributed by atoms with Crippen LogP contribution in [0, 0.1) is 0 Å². The number of rotatable bonds is 9. The molecule has 1 amide bonds. The monoisotopic (exact) mass is 479 g/mol. The molecule has 2 aromatic carbocycles. The van der Waals surface area contributed by atoms with E-state index in [0.717, 1.165) is 11.1 Å². The number of aliphatic imine (C=N–C) groups is 1. The molecule has 4 rings (SSSR count). The van der Waals surface area contributed by atoms with Crippen molar-refractivity contribution in [3.63, 3.8) is 0 Å². The average Bonchev–Trinajstić information content (AvgIpc) is 3.54. The van der Waals surface area contributed by atoms with Crippen LogP contribution < -0.4 is 5.32 Å². The predicted octanol–water partition coefficient (Wildman–Crippen LogP) is 4.06. The number of amides is 1. The maximum Gasteiger partial charge on any atom is 0.408 e. The molecule has 0 spiro atoms. The minimum Gasteiger partial charge on any atom is -0.473 e. The highest BCUT2D eigenvalue weighted by atomic mass is 32.1. The van der Waals surface area contributed by atoms with E-state index in [4.69, 9.17) is 14.2 Å². The largest absolute Gasteiger partial charge is 0.473 e. The van der Waals surface area contributed by atoms with Gasteiger partial charge in [0.25, 0.3) is 0 Å². The summed E-state index contributed by atoms with van der Waals surface area (Å²) < 4.78 is 16.0. The third kappa shape index (κ3) is 6.20. The molecule has 2 atom stereocenters. The molecule has 0 saturated carbocycles. The van der Waals surface area contributed by atoms with E-state index in [1.165, 1.54) is 11.3 Å². The topological polar surface area (TPSA) is 99.1 Å². The Morgan fingerprint density at radius 2 is 1.79 bits per heavy atom. The third-order valence-electron chi connectivity index (χ3n) is 5.04. The lowest BCUT2D eigenvalue weighted by Gasteiger charge is -2.17. The lowest BCUT2D eigenvalue weighted by atomic mass is 10.1. The molecule has 0 saturated heterocycles. The van der Waals surface area contributed by atoms with E-state index in [-0.39, 0.29) is 19.8 Å². The van der Waals surface area contributed by atoms with Gasteiger partial charge < -0.3 is 19.5 Å². The van der Waals surface area contributed by atoms with Crippen molar-refractivity contribution in [3.05, 3.63) is 87.9 Å². The van der Waals surface area contributed by atoms with Gasteiger partial charge in [-0.15, -0.1) is 11.3 Å². The molecule has 0 radical (unpaired) electrons. The second-order valence-electron chi connectivity index (χ2n) is 7.53. The van der Waals surface area contributed by atoms with Crippen LogP contribution >= 0.6 is 11.3 Å². The van der Waals surface area contributed by atoms with Crippen molar-refractivity contribution in [1.29, 1.82) is 0 Å². The quantitative estimate of drug-likeness (QED) is 0.465. The van der Waals surface area contributed by atoms with E-state index >= 15 is 0 Å². The standard InChI is InChI=1S/C25H25N3O5S/c1-2-31-24(29)20-15-32-22(26-20)21-16-34-23(27-21)19(13-17-9-5-3-6-10-17)28-25(30)33-14-18-11-7-4-8-12-18/h3-12,16,19-20H,2,13-15H2,1H3,(H,28,30)/t19-,20+/m0/s1. The Hall–Kier alpha value is -3.72. The van der Waals surface area contributed by atoms with Crippen LogP contribution in [0.25, 0.3) is 0 Å². The number of hydrogen-bond acceptors (Lipinski definition) is 8. The van der Waals surface area contributed by atoms with Crippen molar-refractivity contribution in [2.45, 2.75) is 32.0 Å². The fraction of sp³-hybridized carbons (Fsp3) is 0.280. The van der Waals surface area contributed by atoms with E-state index in [9.17, 15) is 9.59 Å². The van der Waals surface area contributed by atoms with Gasteiger partial charge in [0, 0.05) is 5.38 Å². The number of ether oxygens (including phenoxy) is 3. The van der Waals surface area contributed by atoms with Crippen molar-refractivity contribution in [2.75, 3.05) is 13.2 Å². The van der Waals surface area contributed by atoms with Gasteiger partial charge in [0.15, 0.2) is 6.04 Å². The number of alkyl carbamates (subject to hydrolysis) is 1. The number of benzene rings is 2. The highest BCUT2D eigenvalue weighted by Gasteiger charge is 2.29. The van der Waals surface area contributed by atoms with Crippen LogP contribution in [0.15, 0.2) is 71.0 Å². The van der Waals surface area contributed by atoms with E-state index in [1.54, 1.807) is 12.3 Å². The molecule has 0 bridgehead atoms. The summed E-state index contributed by atoms with van der Waals surface area (Å²) >= 11 is 1.38. The maximum atomic E-state index is 12.6. The number of carbonyl (C=O) groups is 2. The number of esters is 1. The molecule has 0 unspecified atom stereocenters. The van der Waals surface area contributed by atoms with Crippen LogP contribution in [0.5, 0.6) is 0 Å². The molecule has 3 aromatic rings. The van der Waals surface area contributed by atoms with Crippen LogP contribution in [0.4, 0.5) is 4.79 Å². The first-order valence-electron chi connectivity index (χ1n) is 11.0. The Balaban J connectivity index is 1.47. The molecule has 176 valence electrons. The summed E-state index contributed by atoms with van der Waals surface area (Å²) in [7, 11) is 0. The number of nitrogens with zero attached hydrogens (tertiary/aromatic N) is 2. The predicted molar refractivity (Wildman–Crippen MR) is 128 cm³/mol. The van der Waals surface area contributed by atoms with E-state index in [1.807, 2.05) is 60.7 Å². The molecule has 2 heterocycles. The summed E-state index contributed by atoms with van der Waals surface area (Å²) in [4.78, 5) is 33.5. The second kappa shape index (κ2) is 11.4. The number of thiazole rings is 1. The summed E-state index contributed by atoms with van der Waals surface area (Å²) in [5, 5.41) is 5.42. The Morgan fingerprint density at radius 1 is 1.09 bits per heavy atom. The molecule has 1 aromatic heterocycles. The van der Waals surface area contributed by atoms with Crippen LogP contribution in [0.3, 0.4) is 0 Å². The molecule has 9 heteroatoms. The molecule has 0 fully saturated rings. The number of carbonyl (C=O) groups excluding carboxylic acids is 2. The van der Waals surface area contributed by atoms with E-state index in [2.05, 4.69) is 15.3 Å². The third-order valence-corrected chi connectivity index (χ3v) is 5.99. The summed E-state index contributed by atoms with van der Waals surface area (Å²) in [6, 6.07) is 18.2. The highest BCUT2D eigenvalue weighted by molar-refractivity contribution is 7.09. The first-order chi connectivity index (χ1) is 16.6. The summed E-state index contributed by atoms with van der Waals surface area (Å²) in [5.74, 6) is -0.122. The normalized spacial score (nSPS) is 15.7. The fourth-order valence-electron chi connectivity index (χ4n) is 3.38. The van der Waals surface area contributed by atoms with Crippen molar-refractivity contribution in [2.24, 2.45) is 4.99 Å². The fourth-order valence-corrected chi connectivity index (χ4v) is 4.22. The Morgan fingerprint density at radius 3 is 2.50 bits per heavy atom. The maximum absolute atomic E-state index is 12.6. The van der Waals surface area contributed by atoms with Crippen LogP contribution in [-0.2, 0) is 32.0 Å². The molecular weight excluding hydrogens is 454 g/mol. The number of nitrogens with one attached hydrogen (secondary N) is 1. The minimum absolute atomic E-state index is 0.124. The van der Waals surface area contributed by atoms with Gasteiger partial charge in [-0.3, -0.25) is 0 Å². The van der Waals surface area contributed by atoms with E-state index < -0.39 is 24.1 Å². The number of hydrogen-bond donors (Lipinski definition) is 1. The second-order valence-corrected chi connectivity index (χ2v) is 8.42. The Kier molecular flexibility index (Phi) is 7.87. The summed E-state index contributed by atoms with van der Waals surface area (Å²) in [6.45, 7) is 2.33. The zero-order chi connectivity index (χ0) is 23.8. The zero-order valence-corrected chi connectivity index (χ0v) is 19.5. The molecule has 8 nitrogen and oxygen atoms in total. The van der Waals surface area contributed by atoms with Crippen molar-refractivity contribution in [3.8, 4) is 0 Å². The Labute approximate surface area is 201 Å². The average molecular weight is 480 g/mol. The van der Waals surface area contributed by atoms with E-state index in [0.29, 0.717) is 23.0 Å². The van der Waals surface area contributed by atoms with Gasteiger partial charge in [-0.2, -0.15) is 0 Å². The lowest BCUT2D eigenvalue weighted by molar-refractivity contribution is -0.144. The van der Waals surface area contributed by atoms with Gasteiger partial charge in [0.05, 0.1) is 12.6 Å². The molecule has 0 aliphatic carbocycles. The highest BCUT2D eigenvalue weighted by Crippen LogP contribution is 2.24.